The monoisotopic (exact) mass is 341 g/mol. The summed E-state index contributed by atoms with van der Waals surface area (Å²) in [7, 11) is 2.14. The van der Waals surface area contributed by atoms with Crippen LogP contribution in [0.3, 0.4) is 0 Å². The summed E-state index contributed by atoms with van der Waals surface area (Å²) in [6.45, 7) is 4.39. The number of benzene rings is 1. The molecule has 1 unspecified atom stereocenters. The Morgan fingerprint density at radius 1 is 1.45 bits per heavy atom. The van der Waals surface area contributed by atoms with Crippen molar-refractivity contribution in [3.8, 4) is 0 Å². The van der Waals surface area contributed by atoms with Crippen LogP contribution in [0.5, 0.6) is 0 Å². The van der Waals surface area contributed by atoms with Crippen molar-refractivity contribution in [2.75, 3.05) is 25.5 Å². The van der Waals surface area contributed by atoms with Gasteiger partial charge in [-0.3, -0.25) is 10.1 Å². The zero-order valence-electron chi connectivity index (χ0n) is 11.8. The third-order valence-electron chi connectivity index (χ3n) is 4.01. The predicted molar refractivity (Wildman–Crippen MR) is 84.1 cm³/mol. The summed E-state index contributed by atoms with van der Waals surface area (Å²) in [5, 5.41) is 14.3. The summed E-state index contributed by atoms with van der Waals surface area (Å²) in [6.07, 6.45) is 2.33. The van der Waals surface area contributed by atoms with Crippen LogP contribution in [0.1, 0.15) is 19.8 Å². The summed E-state index contributed by atoms with van der Waals surface area (Å²) in [4.78, 5) is 12.8. The quantitative estimate of drug-likeness (QED) is 0.672. The molecule has 20 heavy (non-hydrogen) atoms. The average Bonchev–Trinajstić information content (AvgIpc) is 2.41. The molecule has 5 nitrogen and oxygen atoms in total. The summed E-state index contributed by atoms with van der Waals surface area (Å²) >= 11 is 3.45. The minimum absolute atomic E-state index is 0.117. The molecule has 0 radical (unpaired) electrons. The molecular weight excluding hydrogens is 322 g/mol. The first-order chi connectivity index (χ1) is 9.47. The Kier molecular flexibility index (Phi) is 4.99. The Bertz CT molecular complexity index is 487. The number of piperidine rings is 1. The van der Waals surface area contributed by atoms with E-state index in [0.717, 1.165) is 36.1 Å². The second kappa shape index (κ2) is 6.54. The van der Waals surface area contributed by atoms with E-state index in [1.54, 1.807) is 12.1 Å². The number of non-ortho nitro benzene ring substituents is 1. The second-order valence-corrected chi connectivity index (χ2v) is 6.35. The van der Waals surface area contributed by atoms with Crippen LogP contribution in [0.25, 0.3) is 0 Å². The fourth-order valence-electron chi connectivity index (χ4n) is 2.63. The van der Waals surface area contributed by atoms with Gasteiger partial charge < -0.3 is 10.2 Å². The van der Waals surface area contributed by atoms with Crippen LogP contribution in [-0.2, 0) is 0 Å². The maximum absolute atomic E-state index is 10.8. The molecule has 0 aliphatic carbocycles. The number of anilines is 1. The van der Waals surface area contributed by atoms with Gasteiger partial charge in [0.15, 0.2) is 0 Å². The lowest BCUT2D eigenvalue weighted by Gasteiger charge is -2.33. The predicted octanol–water partition coefficient (Wildman–Crippen LogP) is 3.50. The van der Waals surface area contributed by atoms with E-state index in [0.29, 0.717) is 12.0 Å². The second-order valence-electron chi connectivity index (χ2n) is 5.49. The van der Waals surface area contributed by atoms with Crippen LogP contribution in [0.2, 0.25) is 0 Å². The van der Waals surface area contributed by atoms with E-state index >= 15 is 0 Å². The molecule has 1 aliphatic rings. The van der Waals surface area contributed by atoms with Gasteiger partial charge in [-0.2, -0.15) is 0 Å². The van der Waals surface area contributed by atoms with Gasteiger partial charge >= 0.3 is 0 Å². The van der Waals surface area contributed by atoms with Crippen molar-refractivity contribution >= 4 is 27.3 Å². The first-order valence-corrected chi connectivity index (χ1v) is 7.65. The fourth-order valence-corrected chi connectivity index (χ4v) is 2.99. The number of hydrogen-bond acceptors (Lipinski definition) is 4. The van der Waals surface area contributed by atoms with Crippen LogP contribution in [0, 0.1) is 16.0 Å². The Balaban J connectivity index is 2.05. The highest BCUT2D eigenvalue weighted by molar-refractivity contribution is 9.10. The Hall–Kier alpha value is -1.14. The van der Waals surface area contributed by atoms with Crippen molar-refractivity contribution in [2.24, 2.45) is 5.92 Å². The molecule has 2 rings (SSSR count). The lowest BCUT2D eigenvalue weighted by Crippen LogP contribution is -2.37. The number of nitro groups is 1. The van der Waals surface area contributed by atoms with Crippen molar-refractivity contribution in [2.45, 2.75) is 25.8 Å². The molecule has 0 amide bonds. The summed E-state index contributed by atoms with van der Waals surface area (Å²) in [5.41, 5.74) is 0.914. The normalized spacial score (nSPS) is 18.8. The molecule has 0 aromatic heterocycles. The topological polar surface area (TPSA) is 58.4 Å². The maximum Gasteiger partial charge on any atom is 0.271 e. The number of hydrogen-bond donors (Lipinski definition) is 1. The first kappa shape index (κ1) is 15.3. The summed E-state index contributed by atoms with van der Waals surface area (Å²) in [6, 6.07) is 5.13. The smallest absolute Gasteiger partial charge is 0.271 e. The number of likely N-dealkylation sites (tertiary alicyclic amines) is 1. The van der Waals surface area contributed by atoms with Crippen LogP contribution in [0.4, 0.5) is 11.4 Å². The van der Waals surface area contributed by atoms with Crippen LogP contribution < -0.4 is 5.32 Å². The van der Waals surface area contributed by atoms with Crippen molar-refractivity contribution < 1.29 is 4.92 Å². The van der Waals surface area contributed by atoms with Gasteiger partial charge in [-0.25, -0.2) is 0 Å². The highest BCUT2D eigenvalue weighted by Crippen LogP contribution is 2.30. The van der Waals surface area contributed by atoms with Crippen molar-refractivity contribution in [3.05, 3.63) is 32.8 Å². The molecule has 1 fully saturated rings. The maximum atomic E-state index is 10.8. The number of halogens is 1. The summed E-state index contributed by atoms with van der Waals surface area (Å²) < 4.78 is 0.864. The fraction of sp³-hybridized carbons (Fsp3) is 0.571. The largest absolute Gasteiger partial charge is 0.381 e. The molecule has 1 aliphatic heterocycles. The van der Waals surface area contributed by atoms with Crippen LogP contribution >= 0.6 is 15.9 Å². The van der Waals surface area contributed by atoms with E-state index in [9.17, 15) is 10.1 Å². The Labute approximate surface area is 127 Å². The molecule has 1 N–H and O–H groups in total. The molecule has 1 heterocycles. The average molecular weight is 342 g/mol. The van der Waals surface area contributed by atoms with Gasteiger partial charge in [0, 0.05) is 22.6 Å². The highest BCUT2D eigenvalue weighted by Gasteiger charge is 2.23. The zero-order chi connectivity index (χ0) is 14.7. The molecule has 0 bridgehead atoms. The van der Waals surface area contributed by atoms with E-state index in [-0.39, 0.29) is 10.6 Å². The van der Waals surface area contributed by atoms with Gasteiger partial charge in [0.25, 0.3) is 5.69 Å². The molecule has 6 heteroatoms. The highest BCUT2D eigenvalue weighted by atomic mass is 79.9. The number of nitrogens with zero attached hydrogens (tertiary/aromatic N) is 2. The first-order valence-electron chi connectivity index (χ1n) is 6.86. The van der Waals surface area contributed by atoms with Crippen LogP contribution in [0.15, 0.2) is 22.7 Å². The van der Waals surface area contributed by atoms with Gasteiger partial charge in [0.2, 0.25) is 0 Å². The number of nitrogens with one attached hydrogen (secondary N) is 1. The van der Waals surface area contributed by atoms with E-state index in [1.807, 2.05) is 0 Å². The van der Waals surface area contributed by atoms with Gasteiger partial charge in [-0.15, -0.1) is 0 Å². The third-order valence-corrected chi connectivity index (χ3v) is 4.71. The lowest BCUT2D eigenvalue weighted by atomic mass is 9.90. The van der Waals surface area contributed by atoms with Gasteiger partial charge in [0.05, 0.1) is 10.6 Å². The van der Waals surface area contributed by atoms with E-state index < -0.39 is 0 Å². The SMILES string of the molecule is CC(Nc1cc([N+](=O)[O-])ccc1Br)C1CCN(C)CC1. The van der Waals surface area contributed by atoms with Gasteiger partial charge in [0.1, 0.15) is 0 Å². The number of rotatable bonds is 4. The van der Waals surface area contributed by atoms with E-state index in [4.69, 9.17) is 0 Å². The molecular formula is C14H20BrN3O2. The van der Waals surface area contributed by atoms with Crippen molar-refractivity contribution in [1.29, 1.82) is 0 Å². The minimum atomic E-state index is -0.363. The van der Waals surface area contributed by atoms with Crippen molar-refractivity contribution in [3.63, 3.8) is 0 Å². The molecule has 1 saturated heterocycles. The molecule has 0 spiro atoms. The van der Waals surface area contributed by atoms with E-state index in [2.05, 4.69) is 40.1 Å². The molecule has 1 aromatic carbocycles. The van der Waals surface area contributed by atoms with Crippen LogP contribution in [-0.4, -0.2) is 36.0 Å². The molecule has 1 atom stereocenters. The molecule has 0 saturated carbocycles. The standard InChI is InChI=1S/C14H20BrN3O2/c1-10(11-5-7-17(2)8-6-11)16-14-9-12(18(19)20)3-4-13(14)15/h3-4,9-11,16H,5-8H2,1-2H3. The van der Waals surface area contributed by atoms with Crippen molar-refractivity contribution in [1.82, 2.24) is 4.90 Å². The number of nitro benzene ring substituents is 1. The zero-order valence-corrected chi connectivity index (χ0v) is 13.4. The van der Waals surface area contributed by atoms with Gasteiger partial charge in [-0.05, 0) is 67.8 Å². The summed E-state index contributed by atoms with van der Waals surface area (Å²) in [5.74, 6) is 0.609. The third kappa shape index (κ3) is 3.70. The molecule has 1 aromatic rings. The Morgan fingerprint density at radius 2 is 2.10 bits per heavy atom. The Morgan fingerprint density at radius 3 is 2.70 bits per heavy atom. The lowest BCUT2D eigenvalue weighted by molar-refractivity contribution is -0.384. The van der Waals surface area contributed by atoms with E-state index in [1.165, 1.54) is 6.07 Å². The molecule has 110 valence electrons. The minimum Gasteiger partial charge on any atom is -0.381 e. The van der Waals surface area contributed by atoms with Gasteiger partial charge in [-0.1, -0.05) is 0 Å².